The summed E-state index contributed by atoms with van der Waals surface area (Å²) >= 11 is 0. The number of anilines is 1. The molecule has 1 fully saturated rings. The van der Waals surface area contributed by atoms with Gasteiger partial charge in [0.1, 0.15) is 5.82 Å². The fourth-order valence-electron chi connectivity index (χ4n) is 2.73. The molecule has 1 aliphatic heterocycles. The third kappa shape index (κ3) is 3.94. The molecule has 0 saturated carbocycles. The van der Waals surface area contributed by atoms with Crippen molar-refractivity contribution in [1.29, 1.82) is 0 Å². The second-order valence-corrected chi connectivity index (χ2v) is 10.5. The van der Waals surface area contributed by atoms with Gasteiger partial charge in [-0.25, -0.2) is 21.2 Å². The first-order valence-electron chi connectivity index (χ1n) is 7.79. The number of benzene rings is 2. The van der Waals surface area contributed by atoms with E-state index in [0.717, 1.165) is 0 Å². The standard InChI is InChI=1S/C17H16FNO5S2/c18-13-3-5-14(6-4-13)19-17(20)12-1-7-15(8-2-12)26(23,24)16-9-10-25(21,22)11-16/h1-8,16H,9-11H2,(H,19,20)/t16-/m1/s1. The molecule has 1 N–H and O–H groups in total. The molecule has 0 bridgehead atoms. The van der Waals surface area contributed by atoms with Crippen molar-refractivity contribution in [3.63, 3.8) is 0 Å². The predicted octanol–water partition coefficient (Wildman–Crippen LogP) is 2.04. The van der Waals surface area contributed by atoms with Crippen LogP contribution in [0.2, 0.25) is 0 Å². The fourth-order valence-corrected chi connectivity index (χ4v) is 7.09. The molecule has 1 amide bonds. The summed E-state index contributed by atoms with van der Waals surface area (Å²) in [7, 11) is -7.08. The number of halogens is 1. The van der Waals surface area contributed by atoms with E-state index in [1.54, 1.807) is 0 Å². The average Bonchev–Trinajstić information content (AvgIpc) is 2.98. The first-order chi connectivity index (χ1) is 12.2. The van der Waals surface area contributed by atoms with Crippen molar-refractivity contribution in [2.24, 2.45) is 0 Å². The third-order valence-electron chi connectivity index (χ3n) is 4.18. The highest BCUT2D eigenvalue weighted by atomic mass is 32.2. The van der Waals surface area contributed by atoms with Gasteiger partial charge < -0.3 is 5.32 Å². The molecule has 9 heteroatoms. The summed E-state index contributed by atoms with van der Waals surface area (Å²) in [6.45, 7) is 0. The van der Waals surface area contributed by atoms with Gasteiger partial charge in [0.2, 0.25) is 0 Å². The Morgan fingerprint density at radius 1 is 1.04 bits per heavy atom. The van der Waals surface area contributed by atoms with Crippen molar-refractivity contribution in [2.75, 3.05) is 16.8 Å². The van der Waals surface area contributed by atoms with Gasteiger partial charge in [-0.3, -0.25) is 4.79 Å². The van der Waals surface area contributed by atoms with Crippen molar-refractivity contribution in [3.05, 3.63) is 59.9 Å². The summed E-state index contributed by atoms with van der Waals surface area (Å²) < 4.78 is 61.0. The van der Waals surface area contributed by atoms with Crippen molar-refractivity contribution in [1.82, 2.24) is 0 Å². The molecule has 0 unspecified atom stereocenters. The van der Waals surface area contributed by atoms with E-state index in [1.165, 1.54) is 48.5 Å². The van der Waals surface area contributed by atoms with Crippen LogP contribution in [0.4, 0.5) is 10.1 Å². The largest absolute Gasteiger partial charge is 0.322 e. The summed E-state index contributed by atoms with van der Waals surface area (Å²) in [6, 6.07) is 10.5. The van der Waals surface area contributed by atoms with Gasteiger partial charge >= 0.3 is 0 Å². The van der Waals surface area contributed by atoms with Gasteiger partial charge in [0, 0.05) is 11.3 Å². The minimum absolute atomic E-state index is 0.0158. The minimum Gasteiger partial charge on any atom is -0.322 e. The lowest BCUT2D eigenvalue weighted by molar-refractivity contribution is 0.102. The number of carbonyl (C=O) groups excluding carboxylic acids is 1. The lowest BCUT2D eigenvalue weighted by atomic mass is 10.2. The van der Waals surface area contributed by atoms with E-state index in [9.17, 15) is 26.0 Å². The summed E-state index contributed by atoms with van der Waals surface area (Å²) in [5.74, 6) is -1.40. The molecular weight excluding hydrogens is 381 g/mol. The number of sulfone groups is 2. The number of carbonyl (C=O) groups is 1. The maximum absolute atomic E-state index is 12.9. The molecular formula is C17H16FNO5S2. The Labute approximate surface area is 150 Å². The van der Waals surface area contributed by atoms with E-state index in [4.69, 9.17) is 0 Å². The predicted molar refractivity (Wildman–Crippen MR) is 95.0 cm³/mol. The Hall–Kier alpha value is -2.26. The van der Waals surface area contributed by atoms with E-state index < -0.39 is 36.6 Å². The lowest BCUT2D eigenvalue weighted by Crippen LogP contribution is -2.22. The number of nitrogens with one attached hydrogen (secondary N) is 1. The minimum atomic E-state index is -3.77. The molecule has 2 aromatic carbocycles. The molecule has 0 radical (unpaired) electrons. The maximum Gasteiger partial charge on any atom is 0.255 e. The van der Waals surface area contributed by atoms with Crippen LogP contribution in [0.25, 0.3) is 0 Å². The maximum atomic E-state index is 12.9. The Morgan fingerprint density at radius 3 is 2.19 bits per heavy atom. The van der Waals surface area contributed by atoms with E-state index in [2.05, 4.69) is 5.32 Å². The highest BCUT2D eigenvalue weighted by Gasteiger charge is 2.37. The van der Waals surface area contributed by atoms with Crippen LogP contribution in [0.5, 0.6) is 0 Å². The lowest BCUT2D eigenvalue weighted by Gasteiger charge is -2.11. The van der Waals surface area contributed by atoms with Crippen LogP contribution in [0.15, 0.2) is 53.4 Å². The SMILES string of the molecule is O=C(Nc1ccc(F)cc1)c1ccc(S(=O)(=O)[C@@H]2CCS(=O)(=O)C2)cc1. The van der Waals surface area contributed by atoms with Crippen molar-refractivity contribution >= 4 is 31.3 Å². The van der Waals surface area contributed by atoms with Crippen LogP contribution in [0.1, 0.15) is 16.8 Å². The molecule has 3 rings (SSSR count). The molecule has 0 spiro atoms. The average molecular weight is 397 g/mol. The molecule has 2 aromatic rings. The zero-order valence-electron chi connectivity index (χ0n) is 13.6. The smallest absolute Gasteiger partial charge is 0.255 e. The van der Waals surface area contributed by atoms with E-state index in [1.807, 2.05) is 0 Å². The zero-order chi connectivity index (χ0) is 18.9. The molecule has 0 aromatic heterocycles. The van der Waals surface area contributed by atoms with Gasteiger partial charge in [0.25, 0.3) is 5.91 Å². The Morgan fingerprint density at radius 2 is 1.65 bits per heavy atom. The monoisotopic (exact) mass is 397 g/mol. The quantitative estimate of drug-likeness (QED) is 0.851. The number of rotatable bonds is 4. The molecule has 1 heterocycles. The summed E-state index contributed by atoms with van der Waals surface area (Å²) in [6.07, 6.45) is 0.0808. The molecule has 1 atom stereocenters. The summed E-state index contributed by atoms with van der Waals surface area (Å²) in [5, 5.41) is 1.62. The van der Waals surface area contributed by atoms with Crippen molar-refractivity contribution in [3.8, 4) is 0 Å². The Balaban J connectivity index is 1.75. The van der Waals surface area contributed by atoms with Gasteiger partial charge in [-0.1, -0.05) is 0 Å². The zero-order valence-corrected chi connectivity index (χ0v) is 15.2. The van der Waals surface area contributed by atoms with Gasteiger partial charge in [-0.2, -0.15) is 0 Å². The second kappa shape index (κ2) is 6.81. The van der Waals surface area contributed by atoms with Crippen LogP contribution < -0.4 is 5.32 Å². The molecule has 138 valence electrons. The molecule has 1 aliphatic rings. The van der Waals surface area contributed by atoms with Gasteiger partial charge in [0.15, 0.2) is 19.7 Å². The van der Waals surface area contributed by atoms with Crippen LogP contribution in [0.3, 0.4) is 0 Å². The van der Waals surface area contributed by atoms with Gasteiger partial charge in [0.05, 0.1) is 21.7 Å². The number of hydrogen-bond donors (Lipinski definition) is 1. The number of amides is 1. The molecule has 0 aliphatic carbocycles. The topological polar surface area (TPSA) is 97.4 Å². The molecule has 6 nitrogen and oxygen atoms in total. The van der Waals surface area contributed by atoms with E-state index in [0.29, 0.717) is 5.69 Å². The Kier molecular flexibility index (Phi) is 4.85. The Bertz CT molecular complexity index is 1030. The van der Waals surface area contributed by atoms with Crippen LogP contribution in [0, 0.1) is 5.82 Å². The van der Waals surface area contributed by atoms with Gasteiger partial charge in [-0.05, 0) is 55.0 Å². The van der Waals surface area contributed by atoms with Crippen LogP contribution in [-0.4, -0.2) is 39.5 Å². The molecule has 26 heavy (non-hydrogen) atoms. The number of hydrogen-bond acceptors (Lipinski definition) is 5. The summed E-state index contributed by atoms with van der Waals surface area (Å²) in [5.41, 5.74) is 0.636. The summed E-state index contributed by atoms with van der Waals surface area (Å²) in [4.78, 5) is 12.2. The highest BCUT2D eigenvalue weighted by molar-refractivity contribution is 7.96. The highest BCUT2D eigenvalue weighted by Crippen LogP contribution is 2.25. The van der Waals surface area contributed by atoms with Crippen LogP contribution >= 0.6 is 0 Å². The van der Waals surface area contributed by atoms with Crippen molar-refractivity contribution in [2.45, 2.75) is 16.6 Å². The molecule has 1 saturated heterocycles. The first kappa shape index (κ1) is 18.5. The second-order valence-electron chi connectivity index (χ2n) is 6.06. The van der Waals surface area contributed by atoms with Gasteiger partial charge in [-0.15, -0.1) is 0 Å². The first-order valence-corrected chi connectivity index (χ1v) is 11.2. The van der Waals surface area contributed by atoms with E-state index >= 15 is 0 Å². The van der Waals surface area contributed by atoms with Crippen molar-refractivity contribution < 1.29 is 26.0 Å². The fraction of sp³-hybridized carbons (Fsp3) is 0.235. The normalized spacial score (nSPS) is 19.2. The van der Waals surface area contributed by atoms with Crippen LogP contribution in [-0.2, 0) is 19.7 Å². The van der Waals surface area contributed by atoms with E-state index in [-0.39, 0.29) is 28.4 Å². The third-order valence-corrected chi connectivity index (χ3v) is 8.36.